The minimum atomic E-state index is 0.704. The van der Waals surface area contributed by atoms with E-state index in [1.807, 2.05) is 22.6 Å². The molecule has 5 aromatic rings. The summed E-state index contributed by atoms with van der Waals surface area (Å²) in [7, 11) is 0. The Labute approximate surface area is 280 Å². The third-order valence-corrected chi connectivity index (χ3v) is 11.2. The van der Waals surface area contributed by atoms with Crippen LogP contribution >= 0.6 is 35.8 Å². The van der Waals surface area contributed by atoms with Crippen LogP contribution in [0.1, 0.15) is 27.9 Å². The zero-order valence-electron chi connectivity index (χ0n) is 24.6. The highest BCUT2D eigenvalue weighted by Crippen LogP contribution is 2.43. The SMILES string of the molecule is C1=CSNC(c2c(N3CCc4ccccc4O3)ccc3nc(N4CCc5ccccc5S4)nc(C4=Cc5ccccc5SN4)c23)=C1. The fourth-order valence-electron chi connectivity index (χ4n) is 6.22. The molecular formula is C36H28N6OS3. The predicted octanol–water partition coefficient (Wildman–Crippen LogP) is 8.27. The largest absolute Gasteiger partial charge is 0.379 e. The van der Waals surface area contributed by atoms with Crippen molar-refractivity contribution in [3.8, 4) is 5.75 Å². The summed E-state index contributed by atoms with van der Waals surface area (Å²) in [6, 6.07) is 29.6. The van der Waals surface area contributed by atoms with Gasteiger partial charge in [-0.05, 0) is 113 Å². The van der Waals surface area contributed by atoms with Crippen LogP contribution in [0.25, 0.3) is 28.4 Å². The third kappa shape index (κ3) is 4.97. The second-order valence-corrected chi connectivity index (χ2v) is 13.9. The molecule has 9 rings (SSSR count). The molecule has 0 bridgehead atoms. The lowest BCUT2D eigenvalue weighted by Crippen LogP contribution is -2.34. The third-order valence-electron chi connectivity index (χ3n) is 8.45. The van der Waals surface area contributed by atoms with Gasteiger partial charge >= 0.3 is 0 Å². The van der Waals surface area contributed by atoms with Crippen LogP contribution in [-0.4, -0.2) is 23.1 Å². The summed E-state index contributed by atoms with van der Waals surface area (Å²) < 4.78 is 9.41. The van der Waals surface area contributed by atoms with Crippen LogP contribution < -0.4 is 23.7 Å². The van der Waals surface area contributed by atoms with E-state index < -0.39 is 0 Å². The molecule has 0 unspecified atom stereocenters. The number of nitrogens with one attached hydrogen (secondary N) is 2. The molecule has 0 radical (unpaired) electrons. The van der Waals surface area contributed by atoms with Gasteiger partial charge in [0.1, 0.15) is 5.69 Å². The van der Waals surface area contributed by atoms with Crippen molar-refractivity contribution in [1.29, 1.82) is 0 Å². The van der Waals surface area contributed by atoms with Crippen molar-refractivity contribution < 1.29 is 4.84 Å². The summed E-state index contributed by atoms with van der Waals surface area (Å²) in [6.45, 7) is 1.56. The molecule has 226 valence electrons. The number of nitrogens with zero attached hydrogens (tertiary/aromatic N) is 4. The number of para-hydroxylation sites is 1. The Balaban J connectivity index is 1.26. The van der Waals surface area contributed by atoms with Gasteiger partial charge in [0.2, 0.25) is 5.95 Å². The first kappa shape index (κ1) is 27.8. The number of hydrogen-bond donors (Lipinski definition) is 2. The number of rotatable bonds is 4. The minimum Gasteiger partial charge on any atom is -0.379 e. The van der Waals surface area contributed by atoms with Gasteiger partial charge in [-0.1, -0.05) is 60.7 Å². The Hall–Kier alpha value is -4.51. The van der Waals surface area contributed by atoms with Gasteiger partial charge in [0.15, 0.2) is 5.75 Å². The molecule has 0 atom stereocenters. The lowest BCUT2D eigenvalue weighted by atomic mass is 9.98. The average molecular weight is 657 g/mol. The van der Waals surface area contributed by atoms with Crippen LogP contribution in [0.5, 0.6) is 5.75 Å². The number of fused-ring (bicyclic) bond motifs is 4. The number of hydroxylamine groups is 1. The summed E-state index contributed by atoms with van der Waals surface area (Å²) in [5.74, 6) is 1.59. The van der Waals surface area contributed by atoms with Gasteiger partial charge in [0.05, 0.1) is 29.1 Å². The molecule has 4 aliphatic heterocycles. The molecular weight excluding hydrogens is 629 g/mol. The number of benzene rings is 4. The van der Waals surface area contributed by atoms with E-state index in [0.717, 1.165) is 76.5 Å². The summed E-state index contributed by atoms with van der Waals surface area (Å²) in [5, 5.41) is 5.03. The van der Waals surface area contributed by atoms with Crippen molar-refractivity contribution in [2.75, 3.05) is 22.5 Å². The first-order valence-electron chi connectivity index (χ1n) is 15.2. The van der Waals surface area contributed by atoms with Crippen LogP contribution in [0.15, 0.2) is 112 Å². The second-order valence-electron chi connectivity index (χ2n) is 11.3. The van der Waals surface area contributed by atoms with Crippen LogP contribution in [0.4, 0.5) is 11.6 Å². The topological polar surface area (TPSA) is 65.5 Å². The number of aromatic nitrogens is 2. The van der Waals surface area contributed by atoms with Crippen molar-refractivity contribution in [3.05, 3.63) is 130 Å². The highest BCUT2D eigenvalue weighted by atomic mass is 32.2. The Morgan fingerprint density at radius 2 is 1.59 bits per heavy atom. The van der Waals surface area contributed by atoms with E-state index in [9.17, 15) is 0 Å². The van der Waals surface area contributed by atoms with Crippen LogP contribution in [-0.2, 0) is 12.8 Å². The lowest BCUT2D eigenvalue weighted by molar-refractivity contribution is 0.260. The molecule has 4 aromatic carbocycles. The van der Waals surface area contributed by atoms with Crippen LogP contribution in [0.2, 0.25) is 0 Å². The van der Waals surface area contributed by atoms with Crippen LogP contribution in [0.3, 0.4) is 0 Å². The van der Waals surface area contributed by atoms with Gasteiger partial charge in [-0.3, -0.25) is 4.31 Å². The molecule has 2 N–H and O–H groups in total. The lowest BCUT2D eigenvalue weighted by Gasteiger charge is -2.33. The molecule has 46 heavy (non-hydrogen) atoms. The van der Waals surface area contributed by atoms with Crippen molar-refractivity contribution in [1.82, 2.24) is 19.4 Å². The highest BCUT2D eigenvalue weighted by Gasteiger charge is 2.29. The zero-order valence-corrected chi connectivity index (χ0v) is 27.1. The molecule has 0 amide bonds. The number of anilines is 2. The first-order chi connectivity index (χ1) is 22.8. The maximum absolute atomic E-state index is 6.55. The van der Waals surface area contributed by atoms with Gasteiger partial charge < -0.3 is 14.3 Å². The summed E-state index contributed by atoms with van der Waals surface area (Å²) >= 11 is 4.89. The van der Waals surface area contributed by atoms with Gasteiger partial charge in [-0.25, -0.2) is 15.0 Å². The molecule has 0 fully saturated rings. The van der Waals surface area contributed by atoms with Gasteiger partial charge in [-0.2, -0.15) is 0 Å². The smallest absolute Gasteiger partial charge is 0.237 e. The molecule has 4 aliphatic rings. The van der Waals surface area contributed by atoms with Crippen molar-refractivity contribution >= 4 is 75.9 Å². The Morgan fingerprint density at radius 3 is 2.50 bits per heavy atom. The van der Waals surface area contributed by atoms with Crippen molar-refractivity contribution in [2.24, 2.45) is 0 Å². The minimum absolute atomic E-state index is 0.704. The van der Waals surface area contributed by atoms with E-state index >= 15 is 0 Å². The van der Waals surface area contributed by atoms with Crippen molar-refractivity contribution in [2.45, 2.75) is 22.6 Å². The quantitative estimate of drug-likeness (QED) is 0.185. The molecule has 1 aromatic heterocycles. The molecule has 0 saturated carbocycles. The van der Waals surface area contributed by atoms with Gasteiger partial charge in [-0.15, -0.1) is 0 Å². The number of hydrogen-bond acceptors (Lipinski definition) is 10. The highest BCUT2D eigenvalue weighted by molar-refractivity contribution is 8.01. The average Bonchev–Trinajstić information content (AvgIpc) is 3.13. The maximum atomic E-state index is 6.55. The van der Waals surface area contributed by atoms with E-state index in [4.69, 9.17) is 14.8 Å². The summed E-state index contributed by atoms with van der Waals surface area (Å²) in [5.41, 5.74) is 9.40. The summed E-state index contributed by atoms with van der Waals surface area (Å²) in [4.78, 5) is 19.6. The number of allylic oxidation sites excluding steroid dienone is 2. The normalized spacial score (nSPS) is 16.7. The Morgan fingerprint density at radius 1 is 0.761 bits per heavy atom. The van der Waals surface area contributed by atoms with Gasteiger partial charge in [0.25, 0.3) is 0 Å². The fraction of sp³-hybridized carbons (Fsp3) is 0.111. The molecule has 0 aliphatic carbocycles. The summed E-state index contributed by atoms with van der Waals surface area (Å²) in [6.07, 6.45) is 8.24. The molecule has 0 spiro atoms. The standard InChI is InChI=1S/C36H28N6OS3/c1-4-12-30-23(8-1)17-19-41(43-30)29-16-15-26-34(33(29)27-11-7-21-44-39-27)35(28-22-25-10-3-5-13-31(25)45-40-28)38-36(37-26)42-20-18-24-9-2-6-14-32(24)46-42/h1-16,21-22,39-40H,17-20H2. The Bertz CT molecular complexity index is 2110. The molecule has 7 nitrogen and oxygen atoms in total. The molecule has 0 saturated heterocycles. The van der Waals surface area contributed by atoms with E-state index in [1.165, 1.54) is 20.9 Å². The van der Waals surface area contributed by atoms with Crippen LogP contribution in [0, 0.1) is 0 Å². The van der Waals surface area contributed by atoms with E-state index in [2.05, 4.69) is 105 Å². The monoisotopic (exact) mass is 656 g/mol. The molecule has 10 heteroatoms. The first-order valence-corrected chi connectivity index (χ1v) is 17.7. The van der Waals surface area contributed by atoms with E-state index in [0.29, 0.717) is 5.95 Å². The second kappa shape index (κ2) is 11.7. The zero-order chi connectivity index (χ0) is 30.5. The predicted molar refractivity (Wildman–Crippen MR) is 192 cm³/mol. The maximum Gasteiger partial charge on any atom is 0.237 e. The Kier molecular flexibility index (Phi) is 7.06. The van der Waals surface area contributed by atoms with Crippen molar-refractivity contribution in [3.63, 3.8) is 0 Å². The fourth-order valence-corrected chi connectivity index (χ4v) is 8.52. The van der Waals surface area contributed by atoms with Gasteiger partial charge in [0, 0.05) is 27.3 Å². The van der Waals surface area contributed by atoms with E-state index in [1.54, 1.807) is 35.8 Å². The van der Waals surface area contributed by atoms with E-state index in [-0.39, 0.29) is 0 Å². The molecule has 5 heterocycles.